The van der Waals surface area contributed by atoms with Gasteiger partial charge in [-0.3, -0.25) is 4.79 Å². The molecule has 4 heteroatoms. The van der Waals surface area contributed by atoms with Gasteiger partial charge in [-0.25, -0.2) is 0 Å². The summed E-state index contributed by atoms with van der Waals surface area (Å²) in [5.74, 6) is 0.0481. The highest BCUT2D eigenvalue weighted by Crippen LogP contribution is 2.23. The highest BCUT2D eigenvalue weighted by molar-refractivity contribution is 5.75. The molecule has 0 unspecified atom stereocenters. The van der Waals surface area contributed by atoms with Gasteiger partial charge in [0.05, 0.1) is 12.3 Å². The molecule has 0 saturated carbocycles. The maximum absolute atomic E-state index is 10.1. The molecule has 0 aromatic heterocycles. The molecular formula is C9H11NO3. The summed E-state index contributed by atoms with van der Waals surface area (Å²) in [7, 11) is 1.58. The largest absolute Gasteiger partial charge is 0.506 e. The van der Waals surface area contributed by atoms with Gasteiger partial charge in [0.2, 0.25) is 6.41 Å². The Labute approximate surface area is 76.1 Å². The molecule has 2 N–H and O–H groups in total. The van der Waals surface area contributed by atoms with Gasteiger partial charge in [-0.05, 0) is 17.7 Å². The zero-order valence-electron chi connectivity index (χ0n) is 7.28. The van der Waals surface area contributed by atoms with Crippen molar-refractivity contribution < 1.29 is 14.6 Å². The molecule has 0 aliphatic carbocycles. The minimum atomic E-state index is 0.0481. The minimum absolute atomic E-state index is 0.0481. The van der Waals surface area contributed by atoms with Gasteiger partial charge in [-0.2, -0.15) is 0 Å². The molecule has 0 heterocycles. The molecule has 70 valence electrons. The Balaban J connectivity index is 2.89. The molecule has 13 heavy (non-hydrogen) atoms. The number of methoxy groups -OCH3 is 1. The monoisotopic (exact) mass is 181 g/mol. The van der Waals surface area contributed by atoms with Crippen molar-refractivity contribution in [3.05, 3.63) is 23.8 Å². The van der Waals surface area contributed by atoms with Crippen LogP contribution in [-0.2, 0) is 16.1 Å². The van der Waals surface area contributed by atoms with Crippen LogP contribution in [0.5, 0.6) is 5.75 Å². The minimum Gasteiger partial charge on any atom is -0.506 e. The number of amides is 1. The van der Waals surface area contributed by atoms with Crippen molar-refractivity contribution in [2.24, 2.45) is 0 Å². The molecular weight excluding hydrogens is 170 g/mol. The third kappa shape index (κ3) is 2.45. The summed E-state index contributed by atoms with van der Waals surface area (Å²) in [6, 6.07) is 4.90. The number of carbonyl (C=O) groups excluding carboxylic acids is 1. The van der Waals surface area contributed by atoms with E-state index in [1.54, 1.807) is 19.2 Å². The Hall–Kier alpha value is -1.55. The van der Waals surface area contributed by atoms with E-state index in [1.165, 1.54) is 6.07 Å². The van der Waals surface area contributed by atoms with Crippen molar-refractivity contribution in [2.75, 3.05) is 12.4 Å². The first-order valence-electron chi connectivity index (χ1n) is 3.79. The van der Waals surface area contributed by atoms with E-state index in [0.29, 0.717) is 18.7 Å². The third-order valence-electron chi connectivity index (χ3n) is 1.59. The first-order valence-corrected chi connectivity index (χ1v) is 3.79. The molecule has 1 amide bonds. The second-order valence-electron chi connectivity index (χ2n) is 2.55. The van der Waals surface area contributed by atoms with Gasteiger partial charge in [0.25, 0.3) is 0 Å². The van der Waals surface area contributed by atoms with E-state index in [4.69, 9.17) is 4.74 Å². The zero-order valence-corrected chi connectivity index (χ0v) is 7.28. The second kappa shape index (κ2) is 4.47. The number of ether oxygens (including phenoxy) is 1. The van der Waals surface area contributed by atoms with Gasteiger partial charge < -0.3 is 15.2 Å². The Kier molecular flexibility index (Phi) is 3.28. The Morgan fingerprint density at radius 3 is 3.00 bits per heavy atom. The van der Waals surface area contributed by atoms with Crippen molar-refractivity contribution >= 4 is 12.1 Å². The standard InChI is InChI=1S/C9H11NO3/c1-13-5-7-2-3-9(12)8(4-7)10-6-11/h2-4,6,12H,5H2,1H3,(H,10,11). The maximum Gasteiger partial charge on any atom is 0.211 e. The summed E-state index contributed by atoms with van der Waals surface area (Å²) in [5, 5.41) is 11.7. The van der Waals surface area contributed by atoms with Crippen LogP contribution < -0.4 is 5.32 Å². The first-order chi connectivity index (χ1) is 6.27. The third-order valence-corrected chi connectivity index (χ3v) is 1.59. The Morgan fingerprint density at radius 2 is 2.38 bits per heavy atom. The van der Waals surface area contributed by atoms with Crippen LogP contribution in [0, 0.1) is 0 Å². The number of anilines is 1. The van der Waals surface area contributed by atoms with Gasteiger partial charge in [-0.1, -0.05) is 6.07 Å². The molecule has 0 fully saturated rings. The van der Waals surface area contributed by atoms with E-state index in [0.717, 1.165) is 5.56 Å². The van der Waals surface area contributed by atoms with Gasteiger partial charge in [0.15, 0.2) is 0 Å². The van der Waals surface area contributed by atoms with Crippen LogP contribution in [0.3, 0.4) is 0 Å². The lowest BCUT2D eigenvalue weighted by Gasteiger charge is -2.05. The van der Waals surface area contributed by atoms with Gasteiger partial charge in [0.1, 0.15) is 5.75 Å². The number of hydrogen-bond acceptors (Lipinski definition) is 3. The molecule has 0 bridgehead atoms. The fourth-order valence-corrected chi connectivity index (χ4v) is 1.02. The summed E-state index contributed by atoms with van der Waals surface area (Å²) < 4.78 is 4.90. The molecule has 1 aromatic rings. The first kappa shape index (κ1) is 9.54. The van der Waals surface area contributed by atoms with Crippen LogP contribution in [-0.4, -0.2) is 18.6 Å². The van der Waals surface area contributed by atoms with Crippen molar-refractivity contribution in [3.63, 3.8) is 0 Å². The second-order valence-corrected chi connectivity index (χ2v) is 2.55. The summed E-state index contributed by atoms with van der Waals surface area (Å²) >= 11 is 0. The summed E-state index contributed by atoms with van der Waals surface area (Å²) in [4.78, 5) is 10.1. The lowest BCUT2D eigenvalue weighted by molar-refractivity contribution is -0.105. The van der Waals surface area contributed by atoms with Gasteiger partial charge in [0, 0.05) is 7.11 Å². The average molecular weight is 181 g/mol. The average Bonchev–Trinajstić information content (AvgIpc) is 2.12. The van der Waals surface area contributed by atoms with Crippen molar-refractivity contribution in [1.82, 2.24) is 0 Å². The Bertz CT molecular complexity index is 299. The van der Waals surface area contributed by atoms with E-state index >= 15 is 0 Å². The normalized spacial score (nSPS) is 9.62. The number of aromatic hydroxyl groups is 1. The van der Waals surface area contributed by atoms with Crippen molar-refractivity contribution in [2.45, 2.75) is 6.61 Å². The topological polar surface area (TPSA) is 58.6 Å². The molecule has 1 aromatic carbocycles. The van der Waals surface area contributed by atoms with Crippen molar-refractivity contribution in [1.29, 1.82) is 0 Å². The van der Waals surface area contributed by atoms with Crippen LogP contribution in [0.4, 0.5) is 5.69 Å². The number of rotatable bonds is 4. The van der Waals surface area contributed by atoms with E-state index in [1.807, 2.05) is 0 Å². The molecule has 0 saturated heterocycles. The summed E-state index contributed by atoms with van der Waals surface area (Å²) in [6.07, 6.45) is 0.519. The predicted octanol–water partition coefficient (Wildman–Crippen LogP) is 1.11. The van der Waals surface area contributed by atoms with Crippen LogP contribution in [0.15, 0.2) is 18.2 Å². The number of hydrogen-bond donors (Lipinski definition) is 2. The highest BCUT2D eigenvalue weighted by atomic mass is 16.5. The van der Waals surface area contributed by atoms with Crippen LogP contribution in [0.2, 0.25) is 0 Å². The van der Waals surface area contributed by atoms with E-state index in [2.05, 4.69) is 5.32 Å². The molecule has 0 aliphatic heterocycles. The van der Waals surface area contributed by atoms with Gasteiger partial charge >= 0.3 is 0 Å². The van der Waals surface area contributed by atoms with E-state index < -0.39 is 0 Å². The maximum atomic E-state index is 10.1. The fraction of sp³-hybridized carbons (Fsp3) is 0.222. The Morgan fingerprint density at radius 1 is 1.62 bits per heavy atom. The van der Waals surface area contributed by atoms with Gasteiger partial charge in [-0.15, -0.1) is 0 Å². The molecule has 0 aliphatic rings. The molecule has 0 atom stereocenters. The molecule has 0 radical (unpaired) electrons. The van der Waals surface area contributed by atoms with Crippen molar-refractivity contribution in [3.8, 4) is 5.75 Å². The summed E-state index contributed by atoms with van der Waals surface area (Å²) in [5.41, 5.74) is 1.29. The number of nitrogens with one attached hydrogen (secondary N) is 1. The lowest BCUT2D eigenvalue weighted by Crippen LogP contribution is -1.96. The van der Waals surface area contributed by atoms with Crippen LogP contribution in [0.1, 0.15) is 5.56 Å². The number of benzene rings is 1. The number of carbonyl (C=O) groups is 1. The smallest absolute Gasteiger partial charge is 0.211 e. The highest BCUT2D eigenvalue weighted by Gasteiger charge is 2.00. The number of phenols is 1. The molecule has 4 nitrogen and oxygen atoms in total. The predicted molar refractivity (Wildman–Crippen MR) is 48.5 cm³/mol. The quantitative estimate of drug-likeness (QED) is 0.540. The molecule has 1 rings (SSSR count). The zero-order chi connectivity index (χ0) is 9.68. The summed E-state index contributed by atoms with van der Waals surface area (Å²) in [6.45, 7) is 0.452. The lowest BCUT2D eigenvalue weighted by atomic mass is 10.2. The fourth-order valence-electron chi connectivity index (χ4n) is 1.02. The van der Waals surface area contributed by atoms with E-state index in [9.17, 15) is 9.90 Å². The molecule has 0 spiro atoms. The SMILES string of the molecule is COCc1ccc(O)c(NC=O)c1. The van der Waals surface area contributed by atoms with Crippen LogP contribution >= 0.6 is 0 Å². The van der Waals surface area contributed by atoms with E-state index in [-0.39, 0.29) is 5.75 Å². The van der Waals surface area contributed by atoms with Crippen LogP contribution in [0.25, 0.3) is 0 Å². The number of phenolic OH excluding ortho intramolecular Hbond substituents is 1.